The summed E-state index contributed by atoms with van der Waals surface area (Å²) in [4.78, 5) is 12.7. The lowest BCUT2D eigenvalue weighted by atomic mass is 10.2. The van der Waals surface area contributed by atoms with Crippen LogP contribution in [0.2, 0.25) is 0 Å². The SMILES string of the molecule is O=C(Nc1nnc(Cc2ccccc2)s1)c1ccc(S(=O)(=O)N2CCCC2)cc1. The van der Waals surface area contributed by atoms with Gasteiger partial charge in [-0.25, -0.2) is 8.42 Å². The van der Waals surface area contributed by atoms with Gasteiger partial charge in [-0.1, -0.05) is 41.7 Å². The Bertz CT molecular complexity index is 1090. The van der Waals surface area contributed by atoms with E-state index < -0.39 is 10.0 Å². The molecule has 1 aromatic heterocycles. The Kier molecular flexibility index (Phi) is 5.70. The molecule has 1 fully saturated rings. The van der Waals surface area contributed by atoms with Gasteiger partial charge in [0.15, 0.2) is 0 Å². The maximum atomic E-state index is 12.6. The predicted molar refractivity (Wildman–Crippen MR) is 112 cm³/mol. The molecular weight excluding hydrogens is 408 g/mol. The molecule has 0 atom stereocenters. The van der Waals surface area contributed by atoms with Crippen LogP contribution >= 0.6 is 11.3 Å². The van der Waals surface area contributed by atoms with Gasteiger partial charge in [0.1, 0.15) is 5.01 Å². The molecular formula is C20H20N4O3S2. The number of nitrogens with zero attached hydrogens (tertiary/aromatic N) is 3. The Morgan fingerprint density at radius 2 is 1.69 bits per heavy atom. The van der Waals surface area contributed by atoms with Crippen LogP contribution < -0.4 is 5.32 Å². The van der Waals surface area contributed by atoms with Crippen molar-refractivity contribution in [2.75, 3.05) is 18.4 Å². The van der Waals surface area contributed by atoms with E-state index in [1.54, 1.807) is 0 Å². The zero-order chi connectivity index (χ0) is 20.3. The number of benzene rings is 2. The zero-order valence-corrected chi connectivity index (χ0v) is 17.2. The molecule has 9 heteroatoms. The third kappa shape index (κ3) is 4.52. The third-order valence-corrected chi connectivity index (χ3v) is 7.46. The summed E-state index contributed by atoms with van der Waals surface area (Å²) in [6.07, 6.45) is 2.42. The number of hydrogen-bond donors (Lipinski definition) is 1. The summed E-state index contributed by atoms with van der Waals surface area (Å²) in [7, 11) is -3.49. The molecule has 3 aromatic rings. The first kappa shape index (κ1) is 19.7. The molecule has 0 saturated carbocycles. The molecule has 29 heavy (non-hydrogen) atoms. The van der Waals surface area contributed by atoms with Crippen LogP contribution in [0.3, 0.4) is 0 Å². The lowest BCUT2D eigenvalue weighted by molar-refractivity contribution is 0.102. The van der Waals surface area contributed by atoms with Gasteiger partial charge in [0.05, 0.1) is 4.90 Å². The van der Waals surface area contributed by atoms with Crippen LogP contribution in [0.1, 0.15) is 33.8 Å². The van der Waals surface area contributed by atoms with Gasteiger partial charge < -0.3 is 0 Å². The van der Waals surface area contributed by atoms with Gasteiger partial charge in [-0.2, -0.15) is 4.31 Å². The van der Waals surface area contributed by atoms with Crippen LogP contribution in [-0.4, -0.2) is 41.9 Å². The fraction of sp³-hybridized carbons (Fsp3) is 0.250. The van der Waals surface area contributed by atoms with Crippen LogP contribution in [0.25, 0.3) is 0 Å². The van der Waals surface area contributed by atoms with Crippen molar-refractivity contribution in [1.82, 2.24) is 14.5 Å². The number of hydrogen-bond acceptors (Lipinski definition) is 6. The van der Waals surface area contributed by atoms with E-state index in [1.165, 1.54) is 39.9 Å². The number of carbonyl (C=O) groups is 1. The van der Waals surface area contributed by atoms with E-state index in [4.69, 9.17) is 0 Å². The monoisotopic (exact) mass is 428 g/mol. The lowest BCUT2D eigenvalue weighted by Crippen LogP contribution is -2.27. The number of carbonyl (C=O) groups excluding carboxylic acids is 1. The van der Waals surface area contributed by atoms with Gasteiger partial charge in [0.25, 0.3) is 5.91 Å². The molecule has 1 amide bonds. The van der Waals surface area contributed by atoms with E-state index in [2.05, 4.69) is 15.5 Å². The summed E-state index contributed by atoms with van der Waals surface area (Å²) < 4.78 is 26.6. The van der Waals surface area contributed by atoms with Crippen molar-refractivity contribution in [3.05, 3.63) is 70.7 Å². The van der Waals surface area contributed by atoms with E-state index in [-0.39, 0.29) is 10.8 Å². The third-order valence-electron chi connectivity index (χ3n) is 4.70. The van der Waals surface area contributed by atoms with Crippen LogP contribution in [0.15, 0.2) is 59.5 Å². The van der Waals surface area contributed by atoms with Gasteiger partial charge in [-0.05, 0) is 42.7 Å². The molecule has 2 heterocycles. The second-order valence-electron chi connectivity index (χ2n) is 6.75. The molecule has 150 valence electrons. The molecule has 1 aliphatic rings. The van der Waals surface area contributed by atoms with Crippen molar-refractivity contribution in [2.45, 2.75) is 24.2 Å². The average Bonchev–Trinajstić information content (AvgIpc) is 3.42. The molecule has 1 N–H and O–H groups in total. The minimum Gasteiger partial charge on any atom is -0.296 e. The van der Waals surface area contributed by atoms with E-state index in [1.807, 2.05) is 30.3 Å². The first-order valence-corrected chi connectivity index (χ1v) is 11.6. The van der Waals surface area contributed by atoms with Gasteiger partial charge in [-0.15, -0.1) is 10.2 Å². The predicted octanol–water partition coefficient (Wildman–Crippen LogP) is 3.17. The highest BCUT2D eigenvalue weighted by Crippen LogP contribution is 2.22. The summed E-state index contributed by atoms with van der Waals surface area (Å²) in [5, 5.41) is 12.1. The summed E-state index contributed by atoms with van der Waals surface area (Å²) in [5.74, 6) is -0.350. The quantitative estimate of drug-likeness (QED) is 0.651. The minimum absolute atomic E-state index is 0.206. The highest BCUT2D eigenvalue weighted by atomic mass is 32.2. The van der Waals surface area contributed by atoms with Crippen molar-refractivity contribution < 1.29 is 13.2 Å². The van der Waals surface area contributed by atoms with Gasteiger partial charge in [0, 0.05) is 25.1 Å². The lowest BCUT2D eigenvalue weighted by Gasteiger charge is -2.15. The molecule has 1 aliphatic heterocycles. The van der Waals surface area contributed by atoms with Crippen molar-refractivity contribution in [3.63, 3.8) is 0 Å². The fourth-order valence-electron chi connectivity index (χ4n) is 3.17. The average molecular weight is 429 g/mol. The topological polar surface area (TPSA) is 92.3 Å². The van der Waals surface area contributed by atoms with Crippen LogP contribution in [0.5, 0.6) is 0 Å². The molecule has 0 spiro atoms. The highest BCUT2D eigenvalue weighted by Gasteiger charge is 2.27. The maximum absolute atomic E-state index is 12.6. The van der Waals surface area contributed by atoms with Crippen LogP contribution in [0.4, 0.5) is 5.13 Å². The van der Waals surface area contributed by atoms with Gasteiger partial charge in [0.2, 0.25) is 15.2 Å². The Morgan fingerprint density at radius 1 is 1.00 bits per heavy atom. The number of rotatable bonds is 6. The maximum Gasteiger partial charge on any atom is 0.257 e. The van der Waals surface area contributed by atoms with Crippen molar-refractivity contribution in [1.29, 1.82) is 0 Å². The largest absolute Gasteiger partial charge is 0.296 e. The molecule has 0 bridgehead atoms. The molecule has 0 aliphatic carbocycles. The fourth-order valence-corrected chi connectivity index (χ4v) is 5.46. The summed E-state index contributed by atoms with van der Waals surface area (Å²) in [5.41, 5.74) is 1.49. The summed E-state index contributed by atoms with van der Waals surface area (Å²) in [6.45, 7) is 1.10. The van der Waals surface area contributed by atoms with Crippen LogP contribution in [-0.2, 0) is 16.4 Å². The summed E-state index contributed by atoms with van der Waals surface area (Å²) in [6, 6.07) is 15.9. The van der Waals surface area contributed by atoms with Gasteiger partial charge in [-0.3, -0.25) is 10.1 Å². The van der Waals surface area contributed by atoms with Crippen molar-refractivity contribution in [2.24, 2.45) is 0 Å². The number of aromatic nitrogens is 2. The first-order chi connectivity index (χ1) is 14.0. The highest BCUT2D eigenvalue weighted by molar-refractivity contribution is 7.89. The van der Waals surface area contributed by atoms with Gasteiger partial charge >= 0.3 is 0 Å². The normalized spacial score (nSPS) is 14.8. The second-order valence-corrected chi connectivity index (χ2v) is 9.75. The minimum atomic E-state index is -3.49. The number of nitrogens with one attached hydrogen (secondary N) is 1. The molecule has 1 saturated heterocycles. The summed E-state index contributed by atoms with van der Waals surface area (Å²) >= 11 is 1.32. The standard InChI is InChI=1S/C20H20N4O3S2/c25-19(21-20-23-22-18(28-20)14-15-6-2-1-3-7-15)16-8-10-17(11-9-16)29(26,27)24-12-4-5-13-24/h1-3,6-11H,4-5,12-14H2,(H,21,23,25). The van der Waals surface area contributed by atoms with Crippen molar-refractivity contribution in [3.8, 4) is 0 Å². The van der Waals surface area contributed by atoms with Crippen LogP contribution in [0, 0.1) is 0 Å². The first-order valence-electron chi connectivity index (χ1n) is 9.30. The van der Waals surface area contributed by atoms with Crippen molar-refractivity contribution >= 4 is 32.4 Å². The number of amides is 1. The van der Waals surface area contributed by atoms with E-state index >= 15 is 0 Å². The molecule has 0 unspecified atom stereocenters. The number of sulfonamides is 1. The Balaban J connectivity index is 1.41. The second kappa shape index (κ2) is 8.40. The Hall–Kier alpha value is -2.62. The molecule has 2 aromatic carbocycles. The zero-order valence-electron chi connectivity index (χ0n) is 15.6. The smallest absolute Gasteiger partial charge is 0.257 e. The molecule has 0 radical (unpaired) electrons. The molecule has 7 nitrogen and oxygen atoms in total. The number of anilines is 1. The van der Waals surface area contributed by atoms with E-state index in [9.17, 15) is 13.2 Å². The van der Waals surface area contributed by atoms with E-state index in [0.29, 0.717) is 30.2 Å². The van der Waals surface area contributed by atoms with E-state index in [0.717, 1.165) is 23.4 Å². The Labute approximate surface area is 173 Å². The molecule has 4 rings (SSSR count). The Morgan fingerprint density at radius 3 is 2.38 bits per heavy atom.